The van der Waals surface area contributed by atoms with Gasteiger partial charge in [-0.15, -0.1) is 0 Å². The zero-order valence-electron chi connectivity index (χ0n) is 8.34. The summed E-state index contributed by atoms with van der Waals surface area (Å²) in [4.78, 5) is 21.4. The molecule has 1 atom stereocenters. The monoisotopic (exact) mass is 216 g/mol. The van der Waals surface area contributed by atoms with Crippen LogP contribution in [0.15, 0.2) is 0 Å². The summed E-state index contributed by atoms with van der Waals surface area (Å²) < 4.78 is 2.64. The maximum absolute atomic E-state index is 10.7. The van der Waals surface area contributed by atoms with Crippen LogP contribution in [-0.4, -0.2) is 17.2 Å². The van der Waals surface area contributed by atoms with E-state index in [-0.39, 0.29) is 17.2 Å². The summed E-state index contributed by atoms with van der Waals surface area (Å²) in [5, 5.41) is 3.01. The Bertz CT molecular complexity index is 221. The van der Waals surface area contributed by atoms with Gasteiger partial charge >= 0.3 is 6.03 Å². The van der Waals surface area contributed by atoms with Crippen LogP contribution in [0.25, 0.3) is 0 Å². The Balaban J connectivity index is 1.94. The van der Waals surface area contributed by atoms with Crippen molar-refractivity contribution in [3.05, 3.63) is 0 Å². The topological polar surface area (TPSA) is 58.2 Å². The maximum Gasteiger partial charge on any atom is 0.325 e. The first-order valence-corrected chi connectivity index (χ1v) is 5.78. The fourth-order valence-corrected chi connectivity index (χ4v) is 2.10. The van der Waals surface area contributed by atoms with Crippen LogP contribution < -0.4 is 10.0 Å². The number of rotatable bonds is 6. The van der Waals surface area contributed by atoms with Crippen LogP contribution in [0.4, 0.5) is 4.79 Å². The fraction of sp³-hybridized carbons (Fsp3) is 0.778. The molecule has 0 bridgehead atoms. The highest BCUT2D eigenvalue weighted by Crippen LogP contribution is 2.17. The van der Waals surface area contributed by atoms with E-state index in [4.69, 9.17) is 0 Å². The Labute approximate surface area is 88.3 Å². The largest absolute Gasteiger partial charge is 0.325 e. The molecule has 0 aromatic heterocycles. The number of amides is 2. The first-order chi connectivity index (χ1) is 6.68. The molecular weight excluding hydrogens is 200 g/mol. The van der Waals surface area contributed by atoms with E-state index in [2.05, 4.69) is 10.0 Å². The molecule has 1 rings (SSSR count). The molecule has 2 N–H and O–H groups in total. The molecule has 1 aliphatic heterocycles. The summed E-state index contributed by atoms with van der Waals surface area (Å²) in [6.07, 6.45) is 4.75. The van der Waals surface area contributed by atoms with Crippen LogP contribution in [0.3, 0.4) is 0 Å². The van der Waals surface area contributed by atoms with Gasteiger partial charge < -0.3 is 10.1 Å². The van der Waals surface area contributed by atoms with Crippen molar-refractivity contribution < 1.29 is 9.59 Å². The average molecular weight is 216 g/mol. The minimum atomic E-state index is -0.0938. The van der Waals surface area contributed by atoms with Crippen molar-refractivity contribution in [2.24, 2.45) is 0 Å². The number of hydrogen-bond acceptors (Lipinski definition) is 3. The number of ketones is 1. The van der Waals surface area contributed by atoms with Crippen molar-refractivity contribution >= 4 is 23.8 Å². The van der Waals surface area contributed by atoms with Gasteiger partial charge in [0.1, 0.15) is 5.78 Å². The number of Topliss-reactive ketones (excluding diaryl/α,β-unsaturated/α-hetero) is 1. The number of hydrogen-bond donors (Lipinski definition) is 2. The Hall–Kier alpha value is -0.710. The molecule has 0 aromatic rings. The van der Waals surface area contributed by atoms with Crippen molar-refractivity contribution in [1.29, 1.82) is 0 Å². The van der Waals surface area contributed by atoms with Crippen LogP contribution in [0.2, 0.25) is 0 Å². The third-order valence-electron chi connectivity index (χ3n) is 2.08. The second kappa shape index (κ2) is 5.90. The molecule has 14 heavy (non-hydrogen) atoms. The second-order valence-corrected chi connectivity index (χ2v) is 4.49. The molecule has 2 amide bonds. The first-order valence-electron chi connectivity index (χ1n) is 4.90. The Kier molecular flexibility index (Phi) is 4.79. The summed E-state index contributed by atoms with van der Waals surface area (Å²) in [5.74, 6) is 0.259. The summed E-state index contributed by atoms with van der Waals surface area (Å²) in [5.41, 5.74) is 0. The van der Waals surface area contributed by atoms with Gasteiger partial charge in [-0.05, 0) is 31.7 Å². The lowest BCUT2D eigenvalue weighted by molar-refractivity contribution is -0.117. The molecule has 5 heteroatoms. The summed E-state index contributed by atoms with van der Waals surface area (Å²) in [6, 6.07) is -0.0938. The Morgan fingerprint density at radius 1 is 1.43 bits per heavy atom. The standard InChI is InChI=1S/C9H16N2O2S/c1-7(12)5-3-2-4-6-8-10-9(13)11-14-8/h8H,2-6H2,1H3,(H2,10,11,13). The Morgan fingerprint density at radius 3 is 2.79 bits per heavy atom. The van der Waals surface area contributed by atoms with Crippen molar-refractivity contribution in [3.8, 4) is 0 Å². The Morgan fingerprint density at radius 2 is 2.21 bits per heavy atom. The normalized spacial score (nSPS) is 20.4. The highest BCUT2D eigenvalue weighted by atomic mass is 32.2. The van der Waals surface area contributed by atoms with Gasteiger partial charge in [0, 0.05) is 6.42 Å². The number of carbonyl (C=O) groups is 2. The molecule has 1 saturated heterocycles. The average Bonchev–Trinajstić information content (AvgIpc) is 2.50. The molecule has 0 spiro atoms. The number of urea groups is 1. The van der Waals surface area contributed by atoms with Crippen LogP contribution >= 0.6 is 11.9 Å². The van der Waals surface area contributed by atoms with Gasteiger partial charge in [0.2, 0.25) is 0 Å². The zero-order chi connectivity index (χ0) is 10.4. The van der Waals surface area contributed by atoms with Gasteiger partial charge in [0.25, 0.3) is 0 Å². The molecule has 0 saturated carbocycles. The van der Waals surface area contributed by atoms with Crippen LogP contribution in [0.5, 0.6) is 0 Å². The van der Waals surface area contributed by atoms with Gasteiger partial charge in [-0.25, -0.2) is 4.79 Å². The predicted octanol–water partition coefficient (Wildman–Crippen LogP) is 1.81. The van der Waals surface area contributed by atoms with E-state index in [0.29, 0.717) is 6.42 Å². The van der Waals surface area contributed by atoms with E-state index in [0.717, 1.165) is 25.7 Å². The van der Waals surface area contributed by atoms with E-state index in [1.807, 2.05) is 0 Å². The molecule has 1 fully saturated rings. The van der Waals surface area contributed by atoms with E-state index >= 15 is 0 Å². The lowest BCUT2D eigenvalue weighted by Crippen LogP contribution is -2.25. The van der Waals surface area contributed by atoms with Gasteiger partial charge in [-0.3, -0.25) is 4.72 Å². The lowest BCUT2D eigenvalue weighted by Gasteiger charge is -2.05. The molecule has 0 aliphatic carbocycles. The molecule has 1 aliphatic rings. The van der Waals surface area contributed by atoms with E-state index in [9.17, 15) is 9.59 Å². The first kappa shape index (κ1) is 11.4. The molecule has 1 unspecified atom stereocenters. The molecular formula is C9H16N2O2S. The van der Waals surface area contributed by atoms with Crippen molar-refractivity contribution in [3.63, 3.8) is 0 Å². The summed E-state index contributed by atoms with van der Waals surface area (Å²) >= 11 is 1.44. The summed E-state index contributed by atoms with van der Waals surface area (Å²) in [7, 11) is 0. The fourth-order valence-electron chi connectivity index (χ4n) is 1.34. The van der Waals surface area contributed by atoms with Crippen molar-refractivity contribution in [2.75, 3.05) is 0 Å². The molecule has 0 radical (unpaired) electrons. The minimum absolute atomic E-state index is 0.0938. The molecule has 1 heterocycles. The van der Waals surface area contributed by atoms with Crippen LogP contribution in [0, 0.1) is 0 Å². The summed E-state index contributed by atoms with van der Waals surface area (Å²) in [6.45, 7) is 1.62. The third-order valence-corrected chi connectivity index (χ3v) is 3.02. The van der Waals surface area contributed by atoms with Gasteiger partial charge in [-0.2, -0.15) is 0 Å². The van der Waals surface area contributed by atoms with Crippen LogP contribution in [0.1, 0.15) is 39.0 Å². The maximum atomic E-state index is 10.7. The number of carbonyl (C=O) groups excluding carboxylic acids is 2. The van der Waals surface area contributed by atoms with Gasteiger partial charge in [0.05, 0.1) is 5.37 Å². The van der Waals surface area contributed by atoms with Gasteiger partial charge in [-0.1, -0.05) is 12.8 Å². The van der Waals surface area contributed by atoms with Crippen molar-refractivity contribution in [1.82, 2.24) is 10.0 Å². The molecule has 80 valence electrons. The second-order valence-electron chi connectivity index (χ2n) is 3.48. The smallest absolute Gasteiger partial charge is 0.324 e. The van der Waals surface area contributed by atoms with E-state index in [1.54, 1.807) is 6.92 Å². The van der Waals surface area contributed by atoms with E-state index < -0.39 is 0 Å². The SMILES string of the molecule is CC(=O)CCCCCC1NC(=O)NS1. The van der Waals surface area contributed by atoms with Gasteiger partial charge in [0.15, 0.2) is 0 Å². The number of nitrogens with one attached hydrogen (secondary N) is 2. The van der Waals surface area contributed by atoms with Crippen LogP contribution in [-0.2, 0) is 4.79 Å². The molecule has 4 nitrogen and oxygen atoms in total. The third kappa shape index (κ3) is 4.50. The zero-order valence-corrected chi connectivity index (χ0v) is 9.15. The highest BCUT2D eigenvalue weighted by Gasteiger charge is 2.19. The number of unbranched alkanes of at least 4 members (excludes halogenated alkanes) is 2. The highest BCUT2D eigenvalue weighted by molar-refractivity contribution is 7.98. The van der Waals surface area contributed by atoms with Crippen molar-refractivity contribution in [2.45, 2.75) is 44.4 Å². The predicted molar refractivity (Wildman–Crippen MR) is 56.8 cm³/mol. The van der Waals surface area contributed by atoms with E-state index in [1.165, 1.54) is 11.9 Å². The molecule has 0 aromatic carbocycles. The minimum Gasteiger partial charge on any atom is -0.324 e. The lowest BCUT2D eigenvalue weighted by atomic mass is 10.1. The quantitative estimate of drug-likeness (QED) is 0.526.